The fourth-order valence-corrected chi connectivity index (χ4v) is 3.54. The number of pyridine rings is 2. The van der Waals surface area contributed by atoms with Crippen molar-refractivity contribution in [3.05, 3.63) is 54.1 Å². The molecule has 1 unspecified atom stereocenters. The molecule has 126 valence electrons. The number of H-pyrrole nitrogens is 1. The van der Waals surface area contributed by atoms with E-state index < -0.39 is 0 Å². The smallest absolute Gasteiger partial charge is 0.139 e. The van der Waals surface area contributed by atoms with E-state index in [1.165, 1.54) is 25.7 Å². The second-order valence-corrected chi connectivity index (χ2v) is 6.76. The molecule has 0 bridgehead atoms. The molecule has 2 atom stereocenters. The molecular formula is C21H22N4. The Kier molecular flexibility index (Phi) is 4.39. The third kappa shape index (κ3) is 3.36. The lowest BCUT2D eigenvalue weighted by Gasteiger charge is -2.31. The normalized spacial score (nSPS) is 20.0. The van der Waals surface area contributed by atoms with Gasteiger partial charge < -0.3 is 10.3 Å². The summed E-state index contributed by atoms with van der Waals surface area (Å²) in [5.41, 5.74) is 3.69. The van der Waals surface area contributed by atoms with Gasteiger partial charge in [-0.05, 0) is 42.9 Å². The topological polar surface area (TPSA) is 53.6 Å². The van der Waals surface area contributed by atoms with Crippen LogP contribution >= 0.6 is 0 Å². The van der Waals surface area contributed by atoms with Crippen molar-refractivity contribution in [2.75, 3.05) is 5.32 Å². The number of rotatable bonds is 2. The summed E-state index contributed by atoms with van der Waals surface area (Å²) < 4.78 is 0. The van der Waals surface area contributed by atoms with Crippen molar-refractivity contribution >= 4 is 16.7 Å². The first-order chi connectivity index (χ1) is 12.3. The van der Waals surface area contributed by atoms with E-state index >= 15 is 0 Å². The van der Waals surface area contributed by atoms with Gasteiger partial charge in [0, 0.05) is 30.0 Å². The summed E-state index contributed by atoms with van der Waals surface area (Å²) in [5.74, 6) is 7.09. The van der Waals surface area contributed by atoms with Crippen LogP contribution in [0.1, 0.15) is 43.9 Å². The van der Waals surface area contributed by atoms with E-state index in [-0.39, 0.29) is 0 Å². The van der Waals surface area contributed by atoms with Crippen molar-refractivity contribution in [3.8, 4) is 11.8 Å². The minimum atomic E-state index is 0.490. The summed E-state index contributed by atoms with van der Waals surface area (Å²) in [7, 11) is 0. The average molecular weight is 330 g/mol. The lowest BCUT2D eigenvalue weighted by Crippen LogP contribution is -2.30. The van der Waals surface area contributed by atoms with Crippen LogP contribution in [0.25, 0.3) is 11.0 Å². The number of hydrogen-bond donors (Lipinski definition) is 2. The van der Waals surface area contributed by atoms with E-state index in [1.807, 2.05) is 30.6 Å². The van der Waals surface area contributed by atoms with Crippen molar-refractivity contribution < 1.29 is 0 Å². The second-order valence-electron chi connectivity index (χ2n) is 6.76. The minimum Gasteiger partial charge on any atom is -0.380 e. The molecule has 1 fully saturated rings. The van der Waals surface area contributed by atoms with Gasteiger partial charge in [-0.25, -0.2) is 9.97 Å². The molecule has 0 aliphatic heterocycles. The van der Waals surface area contributed by atoms with E-state index in [2.05, 4.69) is 45.1 Å². The van der Waals surface area contributed by atoms with Gasteiger partial charge in [-0.3, -0.25) is 0 Å². The molecule has 3 heterocycles. The third-order valence-electron chi connectivity index (χ3n) is 5.02. The lowest BCUT2D eigenvalue weighted by atomic mass is 9.85. The first kappa shape index (κ1) is 15.7. The first-order valence-corrected chi connectivity index (χ1v) is 8.97. The van der Waals surface area contributed by atoms with Crippen LogP contribution in [0.2, 0.25) is 0 Å². The summed E-state index contributed by atoms with van der Waals surface area (Å²) in [4.78, 5) is 12.0. The van der Waals surface area contributed by atoms with Gasteiger partial charge in [-0.1, -0.05) is 31.8 Å². The molecule has 0 aromatic carbocycles. The van der Waals surface area contributed by atoms with Gasteiger partial charge in [0.25, 0.3) is 0 Å². The molecule has 0 saturated heterocycles. The maximum absolute atomic E-state index is 4.51. The van der Waals surface area contributed by atoms with E-state index in [9.17, 15) is 0 Å². The Morgan fingerprint density at radius 2 is 2.04 bits per heavy atom. The van der Waals surface area contributed by atoms with Gasteiger partial charge in [0.05, 0.1) is 11.3 Å². The summed E-state index contributed by atoms with van der Waals surface area (Å²) in [6, 6.07) is 8.34. The molecule has 25 heavy (non-hydrogen) atoms. The van der Waals surface area contributed by atoms with Gasteiger partial charge >= 0.3 is 0 Å². The Morgan fingerprint density at radius 3 is 2.88 bits per heavy atom. The van der Waals surface area contributed by atoms with Crippen LogP contribution in [-0.4, -0.2) is 21.0 Å². The Bertz CT molecular complexity index is 917. The van der Waals surface area contributed by atoms with E-state index in [4.69, 9.17) is 0 Å². The lowest BCUT2D eigenvalue weighted by molar-refractivity contribution is 0.349. The van der Waals surface area contributed by atoms with Gasteiger partial charge in [-0.15, -0.1) is 0 Å². The van der Waals surface area contributed by atoms with Crippen LogP contribution in [0.3, 0.4) is 0 Å². The fourth-order valence-electron chi connectivity index (χ4n) is 3.54. The minimum absolute atomic E-state index is 0.490. The van der Waals surface area contributed by atoms with Crippen LogP contribution in [-0.2, 0) is 0 Å². The highest BCUT2D eigenvalue weighted by Gasteiger charge is 2.22. The van der Waals surface area contributed by atoms with Crippen molar-refractivity contribution in [3.63, 3.8) is 0 Å². The number of nitrogens with zero attached hydrogens (tertiary/aromatic N) is 2. The van der Waals surface area contributed by atoms with E-state index in [0.29, 0.717) is 12.0 Å². The molecule has 0 spiro atoms. The standard InChI is InChI=1S/C21H22N4/c1-15-6-2-3-8-19(15)25-20-16(9-10-17-7-4-5-12-22-17)14-24-21-18(20)11-13-23-21/h4-5,7,11-15,19H,2-3,6,8H2,1H3,(H2,23,24,25)/t15-,19?/m0/s1. The molecule has 4 nitrogen and oxygen atoms in total. The van der Waals surface area contributed by atoms with Gasteiger partial charge in [0.15, 0.2) is 0 Å². The zero-order chi connectivity index (χ0) is 17.1. The molecular weight excluding hydrogens is 308 g/mol. The molecule has 2 N–H and O–H groups in total. The number of anilines is 1. The van der Waals surface area contributed by atoms with Crippen LogP contribution < -0.4 is 5.32 Å². The number of nitrogens with one attached hydrogen (secondary N) is 2. The number of fused-ring (bicyclic) bond motifs is 1. The van der Waals surface area contributed by atoms with Crippen LogP contribution in [0.15, 0.2) is 42.9 Å². The van der Waals surface area contributed by atoms with E-state index in [1.54, 1.807) is 6.20 Å². The number of aromatic nitrogens is 3. The summed E-state index contributed by atoms with van der Waals surface area (Å²) in [6.07, 6.45) is 10.7. The largest absolute Gasteiger partial charge is 0.380 e. The predicted octanol–water partition coefficient (Wildman–Crippen LogP) is 4.35. The summed E-state index contributed by atoms with van der Waals surface area (Å²) in [6.45, 7) is 2.34. The molecule has 1 aliphatic carbocycles. The molecule has 3 aromatic heterocycles. The van der Waals surface area contributed by atoms with Gasteiger partial charge in [-0.2, -0.15) is 0 Å². The van der Waals surface area contributed by atoms with Crippen molar-refractivity contribution in [2.24, 2.45) is 5.92 Å². The van der Waals surface area contributed by atoms with Crippen molar-refractivity contribution in [1.82, 2.24) is 15.0 Å². The summed E-state index contributed by atoms with van der Waals surface area (Å²) >= 11 is 0. The molecule has 4 heteroatoms. The van der Waals surface area contributed by atoms with Crippen LogP contribution in [0, 0.1) is 17.8 Å². The zero-order valence-electron chi connectivity index (χ0n) is 14.4. The monoisotopic (exact) mass is 330 g/mol. The molecule has 0 radical (unpaired) electrons. The second kappa shape index (κ2) is 6.98. The zero-order valence-corrected chi connectivity index (χ0v) is 14.4. The maximum Gasteiger partial charge on any atom is 0.139 e. The van der Waals surface area contributed by atoms with Crippen LogP contribution in [0.5, 0.6) is 0 Å². The summed E-state index contributed by atoms with van der Waals surface area (Å²) in [5, 5.41) is 4.88. The average Bonchev–Trinajstić information content (AvgIpc) is 3.13. The van der Waals surface area contributed by atoms with Crippen LogP contribution in [0.4, 0.5) is 5.69 Å². The Balaban J connectivity index is 1.72. The number of hydrogen-bond acceptors (Lipinski definition) is 3. The quantitative estimate of drug-likeness (QED) is 0.687. The highest BCUT2D eigenvalue weighted by Crippen LogP contribution is 2.31. The first-order valence-electron chi connectivity index (χ1n) is 8.97. The molecule has 0 amide bonds. The number of aromatic amines is 1. The fraction of sp³-hybridized carbons (Fsp3) is 0.333. The third-order valence-corrected chi connectivity index (χ3v) is 5.02. The van der Waals surface area contributed by atoms with Gasteiger partial charge in [0.1, 0.15) is 11.3 Å². The highest BCUT2D eigenvalue weighted by molar-refractivity contribution is 5.92. The van der Waals surface area contributed by atoms with Gasteiger partial charge in [0.2, 0.25) is 0 Å². The predicted molar refractivity (Wildman–Crippen MR) is 101 cm³/mol. The SMILES string of the molecule is C[C@H]1CCCCC1Nc1c(C#Cc2ccccn2)cnc2[nH]ccc12. The Morgan fingerprint density at radius 1 is 1.12 bits per heavy atom. The molecule has 1 aliphatic rings. The molecule has 3 aromatic rings. The van der Waals surface area contributed by atoms with Crippen molar-refractivity contribution in [2.45, 2.75) is 38.6 Å². The molecule has 4 rings (SSSR count). The molecule has 1 saturated carbocycles. The Labute approximate surface area is 148 Å². The Hall–Kier alpha value is -2.80. The van der Waals surface area contributed by atoms with Crippen molar-refractivity contribution in [1.29, 1.82) is 0 Å². The highest BCUT2D eigenvalue weighted by atomic mass is 15.0. The maximum atomic E-state index is 4.51. The van der Waals surface area contributed by atoms with E-state index in [0.717, 1.165) is 28.0 Å².